The van der Waals surface area contributed by atoms with E-state index < -0.39 is 0 Å². The van der Waals surface area contributed by atoms with E-state index in [2.05, 4.69) is 19.2 Å². The molecule has 0 radical (unpaired) electrons. The average molecular weight is 317 g/mol. The molecule has 20 heavy (non-hydrogen) atoms. The molecule has 5 heteroatoms. The van der Waals surface area contributed by atoms with Gasteiger partial charge in [0, 0.05) is 29.6 Å². The highest BCUT2D eigenvalue weighted by Gasteiger charge is 2.16. The van der Waals surface area contributed by atoms with Crippen LogP contribution < -0.4 is 11.1 Å². The molecule has 0 bridgehead atoms. The Hall–Kier alpha value is -0.770. The van der Waals surface area contributed by atoms with E-state index in [1.807, 2.05) is 12.1 Å². The number of hydrogen-bond acceptors (Lipinski definition) is 2. The molecule has 112 valence electrons. The maximum atomic E-state index is 11.5. The second-order valence-electron chi connectivity index (χ2n) is 5.29. The van der Waals surface area contributed by atoms with Crippen LogP contribution in [0.15, 0.2) is 18.2 Å². The topological polar surface area (TPSA) is 55.1 Å². The second-order valence-corrected chi connectivity index (χ2v) is 6.13. The van der Waals surface area contributed by atoms with Crippen LogP contribution in [-0.4, -0.2) is 19.0 Å². The van der Waals surface area contributed by atoms with Crippen LogP contribution in [0.2, 0.25) is 10.0 Å². The minimum Gasteiger partial charge on any atom is -0.356 e. The molecule has 1 aromatic carbocycles. The highest BCUT2D eigenvalue weighted by atomic mass is 35.5. The van der Waals surface area contributed by atoms with E-state index in [0.717, 1.165) is 12.0 Å². The molecule has 1 amide bonds. The van der Waals surface area contributed by atoms with Gasteiger partial charge in [-0.3, -0.25) is 4.79 Å². The van der Waals surface area contributed by atoms with Crippen molar-refractivity contribution in [3.05, 3.63) is 33.8 Å². The van der Waals surface area contributed by atoms with Gasteiger partial charge in [0.05, 0.1) is 0 Å². The molecule has 0 aromatic heterocycles. The van der Waals surface area contributed by atoms with E-state index in [0.29, 0.717) is 41.4 Å². The fourth-order valence-corrected chi connectivity index (χ4v) is 2.46. The van der Waals surface area contributed by atoms with Crippen molar-refractivity contribution in [1.29, 1.82) is 0 Å². The van der Waals surface area contributed by atoms with Crippen LogP contribution >= 0.6 is 23.2 Å². The van der Waals surface area contributed by atoms with E-state index >= 15 is 0 Å². The summed E-state index contributed by atoms with van der Waals surface area (Å²) >= 11 is 12.1. The number of rotatable bonds is 7. The first-order chi connectivity index (χ1) is 9.43. The van der Waals surface area contributed by atoms with E-state index in [9.17, 15) is 4.79 Å². The van der Waals surface area contributed by atoms with Gasteiger partial charge in [0.15, 0.2) is 0 Å². The van der Waals surface area contributed by atoms with Crippen molar-refractivity contribution in [2.24, 2.45) is 17.6 Å². The summed E-state index contributed by atoms with van der Waals surface area (Å²) in [5, 5.41) is 4.24. The van der Waals surface area contributed by atoms with Gasteiger partial charge < -0.3 is 11.1 Å². The minimum absolute atomic E-state index is 0.000327. The zero-order valence-electron chi connectivity index (χ0n) is 12.0. The van der Waals surface area contributed by atoms with Gasteiger partial charge in [0.2, 0.25) is 5.91 Å². The third kappa shape index (κ3) is 5.70. The van der Waals surface area contributed by atoms with Gasteiger partial charge in [-0.25, -0.2) is 0 Å². The van der Waals surface area contributed by atoms with Gasteiger partial charge in [-0.1, -0.05) is 43.1 Å². The molecule has 0 saturated carbocycles. The molecule has 0 spiro atoms. The summed E-state index contributed by atoms with van der Waals surface area (Å²) in [6.45, 7) is 5.30. The largest absolute Gasteiger partial charge is 0.356 e. The predicted molar refractivity (Wildman–Crippen MR) is 85.2 cm³/mol. The first-order valence-electron chi connectivity index (χ1n) is 6.84. The molecule has 0 aliphatic rings. The van der Waals surface area contributed by atoms with Crippen molar-refractivity contribution < 1.29 is 4.79 Å². The number of carbonyl (C=O) groups is 1. The highest BCUT2D eigenvalue weighted by Crippen LogP contribution is 2.25. The van der Waals surface area contributed by atoms with Crippen molar-refractivity contribution in [3.63, 3.8) is 0 Å². The van der Waals surface area contributed by atoms with Crippen molar-refractivity contribution in [1.82, 2.24) is 5.32 Å². The predicted octanol–water partition coefficient (Wildman–Crippen LogP) is 3.27. The summed E-state index contributed by atoms with van der Waals surface area (Å²) in [6.07, 6.45) is 1.18. The number of benzene rings is 1. The van der Waals surface area contributed by atoms with Gasteiger partial charge >= 0.3 is 0 Å². The van der Waals surface area contributed by atoms with Crippen LogP contribution in [0.4, 0.5) is 0 Å². The van der Waals surface area contributed by atoms with E-state index in [1.165, 1.54) is 0 Å². The number of nitrogens with one attached hydrogen (secondary N) is 1. The van der Waals surface area contributed by atoms with Gasteiger partial charge in [0.25, 0.3) is 0 Å². The number of hydrogen-bond donors (Lipinski definition) is 2. The SMILES string of the molecule is CC(C)C(CNC(=O)CCN)Cc1ccc(Cl)cc1Cl. The zero-order valence-corrected chi connectivity index (χ0v) is 13.5. The van der Waals surface area contributed by atoms with Crippen molar-refractivity contribution in [3.8, 4) is 0 Å². The Morgan fingerprint density at radius 1 is 1.35 bits per heavy atom. The third-order valence-corrected chi connectivity index (χ3v) is 3.96. The third-order valence-electron chi connectivity index (χ3n) is 3.37. The summed E-state index contributed by atoms with van der Waals surface area (Å²) in [5.41, 5.74) is 6.42. The molecule has 0 heterocycles. The van der Waals surface area contributed by atoms with Gasteiger partial charge in [-0.15, -0.1) is 0 Å². The molecule has 3 N–H and O–H groups in total. The Labute approximate surface area is 130 Å². The molecular formula is C15H22Cl2N2O. The van der Waals surface area contributed by atoms with E-state index in [4.69, 9.17) is 28.9 Å². The Morgan fingerprint density at radius 2 is 2.05 bits per heavy atom. The highest BCUT2D eigenvalue weighted by molar-refractivity contribution is 6.35. The second kappa shape index (κ2) is 8.50. The molecule has 0 aliphatic heterocycles. The zero-order chi connectivity index (χ0) is 15.1. The first-order valence-corrected chi connectivity index (χ1v) is 7.60. The van der Waals surface area contributed by atoms with Crippen LogP contribution in [0.3, 0.4) is 0 Å². The first kappa shape index (κ1) is 17.3. The molecule has 3 nitrogen and oxygen atoms in total. The van der Waals surface area contributed by atoms with Gasteiger partial charge in [0.1, 0.15) is 0 Å². The Kier molecular flexibility index (Phi) is 7.35. The maximum Gasteiger partial charge on any atom is 0.221 e. The number of amides is 1. The van der Waals surface area contributed by atoms with Gasteiger partial charge in [-0.05, 0) is 36.0 Å². The van der Waals surface area contributed by atoms with Crippen molar-refractivity contribution in [2.75, 3.05) is 13.1 Å². The molecule has 1 unspecified atom stereocenters. The number of nitrogens with two attached hydrogens (primary N) is 1. The van der Waals surface area contributed by atoms with Crippen LogP contribution in [-0.2, 0) is 11.2 Å². The Bertz CT molecular complexity index is 449. The van der Waals surface area contributed by atoms with E-state index in [-0.39, 0.29) is 5.91 Å². The summed E-state index contributed by atoms with van der Waals surface area (Å²) in [7, 11) is 0. The van der Waals surface area contributed by atoms with Crippen LogP contribution in [0.1, 0.15) is 25.8 Å². The van der Waals surface area contributed by atoms with Crippen LogP contribution in [0, 0.1) is 11.8 Å². The lowest BCUT2D eigenvalue weighted by molar-refractivity contribution is -0.121. The summed E-state index contributed by atoms with van der Waals surface area (Å²) in [6, 6.07) is 5.54. The van der Waals surface area contributed by atoms with Crippen molar-refractivity contribution in [2.45, 2.75) is 26.7 Å². The minimum atomic E-state index is 0.000327. The number of carbonyl (C=O) groups excluding carboxylic acids is 1. The maximum absolute atomic E-state index is 11.5. The standard InChI is InChI=1S/C15H22Cl2N2O/c1-10(2)12(9-19-15(20)5-6-18)7-11-3-4-13(16)8-14(11)17/h3-4,8,10,12H,5-7,9,18H2,1-2H3,(H,19,20). The molecule has 1 aromatic rings. The average Bonchev–Trinajstić information content (AvgIpc) is 2.36. The van der Waals surface area contributed by atoms with E-state index in [1.54, 1.807) is 6.07 Å². The fourth-order valence-electron chi connectivity index (χ4n) is 1.98. The quantitative estimate of drug-likeness (QED) is 0.811. The van der Waals surface area contributed by atoms with Crippen LogP contribution in [0.25, 0.3) is 0 Å². The lowest BCUT2D eigenvalue weighted by atomic mass is 9.89. The Morgan fingerprint density at radius 3 is 2.60 bits per heavy atom. The molecular weight excluding hydrogens is 295 g/mol. The van der Waals surface area contributed by atoms with Crippen LogP contribution in [0.5, 0.6) is 0 Å². The monoisotopic (exact) mass is 316 g/mol. The lowest BCUT2D eigenvalue weighted by Crippen LogP contribution is -2.33. The van der Waals surface area contributed by atoms with Gasteiger partial charge in [-0.2, -0.15) is 0 Å². The number of halogens is 2. The lowest BCUT2D eigenvalue weighted by Gasteiger charge is -2.22. The summed E-state index contributed by atoms with van der Waals surface area (Å²) < 4.78 is 0. The summed E-state index contributed by atoms with van der Waals surface area (Å²) in [4.78, 5) is 11.5. The van der Waals surface area contributed by atoms with Crippen molar-refractivity contribution >= 4 is 29.1 Å². The molecule has 0 aliphatic carbocycles. The molecule has 1 rings (SSSR count). The molecule has 0 fully saturated rings. The normalized spacial score (nSPS) is 12.5. The summed E-state index contributed by atoms with van der Waals surface area (Å²) in [5.74, 6) is 0.774. The fraction of sp³-hybridized carbons (Fsp3) is 0.533. The Balaban J connectivity index is 2.65. The smallest absolute Gasteiger partial charge is 0.221 e. The molecule has 1 atom stereocenters. The molecule has 0 saturated heterocycles.